The zero-order valence-corrected chi connectivity index (χ0v) is 13.2. The highest BCUT2D eigenvalue weighted by Crippen LogP contribution is 2.34. The van der Waals surface area contributed by atoms with Gasteiger partial charge >= 0.3 is 0 Å². The number of nitrogens with one attached hydrogen (secondary N) is 1. The quantitative estimate of drug-likeness (QED) is 0.917. The van der Waals surface area contributed by atoms with E-state index in [1.54, 1.807) is 18.2 Å². The van der Waals surface area contributed by atoms with Crippen LogP contribution < -0.4 is 19.5 Å². The third-order valence-electron chi connectivity index (χ3n) is 3.56. The van der Waals surface area contributed by atoms with Gasteiger partial charge in [-0.25, -0.2) is 0 Å². The topological polar surface area (TPSA) is 56.8 Å². The normalized spacial score (nSPS) is 12.3. The van der Waals surface area contributed by atoms with Crippen LogP contribution in [0.1, 0.15) is 25.3 Å². The van der Waals surface area contributed by atoms with E-state index in [0.717, 1.165) is 11.3 Å². The third kappa shape index (κ3) is 3.56. The molecule has 0 bridgehead atoms. The molecule has 0 saturated heterocycles. The number of hydrogen-bond acceptors (Lipinski definition) is 4. The van der Waals surface area contributed by atoms with Crippen molar-refractivity contribution < 1.29 is 19.0 Å². The van der Waals surface area contributed by atoms with Gasteiger partial charge < -0.3 is 19.5 Å². The minimum absolute atomic E-state index is 0.0435. The predicted molar refractivity (Wildman–Crippen MR) is 87.2 cm³/mol. The van der Waals surface area contributed by atoms with E-state index >= 15 is 0 Å². The Kier molecular flexibility index (Phi) is 4.37. The molecule has 23 heavy (non-hydrogen) atoms. The molecule has 1 heterocycles. The molecule has 2 aromatic rings. The lowest BCUT2D eigenvalue weighted by Crippen LogP contribution is -2.20. The van der Waals surface area contributed by atoms with Gasteiger partial charge in [-0.15, -0.1) is 0 Å². The van der Waals surface area contributed by atoms with Crippen LogP contribution in [0.2, 0.25) is 0 Å². The number of hydrogen-bond donors (Lipinski definition) is 1. The summed E-state index contributed by atoms with van der Waals surface area (Å²) in [5, 5.41) is 2.79. The van der Waals surface area contributed by atoms with Gasteiger partial charge in [0, 0.05) is 11.8 Å². The van der Waals surface area contributed by atoms with Crippen LogP contribution in [-0.2, 0) is 4.79 Å². The molecule has 1 amide bonds. The maximum absolute atomic E-state index is 12.1. The van der Waals surface area contributed by atoms with Gasteiger partial charge in [-0.05, 0) is 29.7 Å². The van der Waals surface area contributed by atoms with Crippen LogP contribution in [0.25, 0.3) is 0 Å². The number of benzene rings is 2. The summed E-state index contributed by atoms with van der Waals surface area (Å²) in [6, 6.07) is 13.0. The van der Waals surface area contributed by atoms with E-state index < -0.39 is 0 Å². The molecular formula is C18H19NO4. The van der Waals surface area contributed by atoms with Crippen molar-refractivity contribution in [2.75, 3.05) is 18.7 Å². The molecule has 1 aliphatic heterocycles. The van der Waals surface area contributed by atoms with Crippen LogP contribution in [0, 0.1) is 0 Å². The van der Waals surface area contributed by atoms with Crippen molar-refractivity contribution in [2.45, 2.75) is 19.8 Å². The molecule has 0 aromatic heterocycles. The smallest absolute Gasteiger partial charge is 0.262 e. The first-order valence-electron chi connectivity index (χ1n) is 7.54. The van der Waals surface area contributed by atoms with Crippen molar-refractivity contribution in [3.8, 4) is 17.2 Å². The molecule has 5 heteroatoms. The number of fused-ring (bicyclic) bond motifs is 1. The van der Waals surface area contributed by atoms with Crippen LogP contribution in [0.3, 0.4) is 0 Å². The standard InChI is InChI=1S/C18H19NO4/c1-12(2)14-5-3-4-6-15(14)21-10-18(20)19-13-7-8-16-17(9-13)23-11-22-16/h3-9,12H,10-11H2,1-2H3,(H,19,20). The van der Waals surface area contributed by atoms with Crippen LogP contribution in [0.15, 0.2) is 42.5 Å². The Hall–Kier alpha value is -2.69. The number of ether oxygens (including phenoxy) is 3. The van der Waals surface area contributed by atoms with Crippen molar-refractivity contribution in [1.82, 2.24) is 0 Å². The molecule has 1 aliphatic rings. The highest BCUT2D eigenvalue weighted by molar-refractivity contribution is 5.92. The second kappa shape index (κ2) is 6.60. The molecule has 1 N–H and O–H groups in total. The largest absolute Gasteiger partial charge is 0.483 e. The number of carbonyl (C=O) groups excluding carboxylic acids is 1. The summed E-state index contributed by atoms with van der Waals surface area (Å²) >= 11 is 0. The van der Waals surface area contributed by atoms with Crippen molar-refractivity contribution in [3.63, 3.8) is 0 Å². The van der Waals surface area contributed by atoms with Gasteiger partial charge in [0.05, 0.1) is 0 Å². The monoisotopic (exact) mass is 313 g/mol. The van der Waals surface area contributed by atoms with Crippen LogP contribution in [0.5, 0.6) is 17.2 Å². The fraction of sp³-hybridized carbons (Fsp3) is 0.278. The van der Waals surface area contributed by atoms with Gasteiger partial charge in [-0.3, -0.25) is 4.79 Å². The Labute approximate surface area is 135 Å². The lowest BCUT2D eigenvalue weighted by atomic mass is 10.0. The van der Waals surface area contributed by atoms with Gasteiger partial charge in [0.2, 0.25) is 6.79 Å². The molecular weight excluding hydrogens is 294 g/mol. The summed E-state index contributed by atoms with van der Waals surface area (Å²) in [6.45, 7) is 4.35. The molecule has 0 atom stereocenters. The van der Waals surface area contributed by atoms with Crippen molar-refractivity contribution in [1.29, 1.82) is 0 Å². The lowest BCUT2D eigenvalue weighted by Gasteiger charge is -2.13. The Morgan fingerprint density at radius 1 is 1.17 bits per heavy atom. The molecule has 0 radical (unpaired) electrons. The first kappa shape index (κ1) is 15.2. The van der Waals surface area contributed by atoms with E-state index in [0.29, 0.717) is 23.1 Å². The average Bonchev–Trinajstić information content (AvgIpc) is 3.00. The van der Waals surface area contributed by atoms with Crippen LogP contribution in [-0.4, -0.2) is 19.3 Å². The number of rotatable bonds is 5. The molecule has 120 valence electrons. The van der Waals surface area contributed by atoms with Gasteiger partial charge in [-0.1, -0.05) is 32.0 Å². The molecule has 0 unspecified atom stereocenters. The molecule has 0 spiro atoms. The Balaban J connectivity index is 1.60. The number of para-hydroxylation sites is 1. The van der Waals surface area contributed by atoms with Gasteiger partial charge in [0.1, 0.15) is 5.75 Å². The summed E-state index contributed by atoms with van der Waals surface area (Å²) < 4.78 is 16.2. The average molecular weight is 313 g/mol. The highest BCUT2D eigenvalue weighted by atomic mass is 16.7. The fourth-order valence-electron chi connectivity index (χ4n) is 2.40. The maximum atomic E-state index is 12.1. The second-order valence-electron chi connectivity index (χ2n) is 5.60. The Morgan fingerprint density at radius 2 is 1.96 bits per heavy atom. The molecule has 0 aliphatic carbocycles. The Morgan fingerprint density at radius 3 is 2.78 bits per heavy atom. The van der Waals surface area contributed by atoms with Crippen molar-refractivity contribution in [3.05, 3.63) is 48.0 Å². The third-order valence-corrected chi connectivity index (χ3v) is 3.56. The van der Waals surface area contributed by atoms with E-state index in [1.165, 1.54) is 0 Å². The van der Waals surface area contributed by atoms with Gasteiger partial charge in [-0.2, -0.15) is 0 Å². The molecule has 3 rings (SSSR count). The number of anilines is 1. The first-order chi connectivity index (χ1) is 11.1. The molecule has 5 nitrogen and oxygen atoms in total. The number of carbonyl (C=O) groups is 1. The molecule has 0 fully saturated rings. The van der Waals surface area contributed by atoms with Crippen LogP contribution >= 0.6 is 0 Å². The fourth-order valence-corrected chi connectivity index (χ4v) is 2.40. The van der Waals surface area contributed by atoms with E-state index in [1.807, 2.05) is 24.3 Å². The van der Waals surface area contributed by atoms with E-state index in [-0.39, 0.29) is 19.3 Å². The van der Waals surface area contributed by atoms with E-state index in [9.17, 15) is 4.79 Å². The van der Waals surface area contributed by atoms with Gasteiger partial charge in [0.15, 0.2) is 18.1 Å². The summed E-state index contributed by atoms with van der Waals surface area (Å²) in [7, 11) is 0. The van der Waals surface area contributed by atoms with E-state index in [2.05, 4.69) is 19.2 Å². The SMILES string of the molecule is CC(C)c1ccccc1OCC(=O)Nc1ccc2c(c1)OCO2. The lowest BCUT2D eigenvalue weighted by molar-refractivity contribution is -0.118. The molecule has 0 saturated carbocycles. The summed E-state index contributed by atoms with van der Waals surface area (Å²) in [5.41, 5.74) is 1.74. The Bertz CT molecular complexity index is 712. The molecule has 2 aromatic carbocycles. The zero-order valence-electron chi connectivity index (χ0n) is 13.2. The zero-order chi connectivity index (χ0) is 16.2. The van der Waals surface area contributed by atoms with Crippen LogP contribution in [0.4, 0.5) is 5.69 Å². The summed E-state index contributed by atoms with van der Waals surface area (Å²) in [6.07, 6.45) is 0. The predicted octanol–water partition coefficient (Wildman–Crippen LogP) is 3.56. The number of amides is 1. The summed E-state index contributed by atoms with van der Waals surface area (Å²) in [4.78, 5) is 12.1. The van der Waals surface area contributed by atoms with E-state index in [4.69, 9.17) is 14.2 Å². The highest BCUT2D eigenvalue weighted by Gasteiger charge is 2.14. The summed E-state index contributed by atoms with van der Waals surface area (Å²) in [5.74, 6) is 2.17. The first-order valence-corrected chi connectivity index (χ1v) is 7.54. The minimum atomic E-state index is -0.220. The van der Waals surface area contributed by atoms with Gasteiger partial charge in [0.25, 0.3) is 5.91 Å². The minimum Gasteiger partial charge on any atom is -0.483 e. The second-order valence-corrected chi connectivity index (χ2v) is 5.60. The van der Waals surface area contributed by atoms with Crippen molar-refractivity contribution >= 4 is 11.6 Å². The van der Waals surface area contributed by atoms with Crippen molar-refractivity contribution in [2.24, 2.45) is 0 Å². The maximum Gasteiger partial charge on any atom is 0.262 e.